The molecule has 0 radical (unpaired) electrons. The molecule has 3 aromatic carbocycles. The smallest absolute Gasteiger partial charge is 0.182 e. The number of para-hydroxylation sites is 1. The second kappa shape index (κ2) is 8.43. The van der Waals surface area contributed by atoms with Gasteiger partial charge in [-0.15, -0.1) is 0 Å². The molecule has 1 heterocycles. The summed E-state index contributed by atoms with van der Waals surface area (Å²) in [7, 11) is 0. The van der Waals surface area contributed by atoms with E-state index in [4.69, 9.17) is 4.99 Å². The first-order valence-electron chi connectivity index (χ1n) is 9.32. The molecule has 28 heavy (non-hydrogen) atoms. The third-order valence-corrected chi connectivity index (χ3v) is 6.65. The molecule has 0 bridgehead atoms. The van der Waals surface area contributed by atoms with E-state index >= 15 is 0 Å². The predicted molar refractivity (Wildman–Crippen MR) is 119 cm³/mol. The van der Waals surface area contributed by atoms with Gasteiger partial charge in [0.25, 0.3) is 0 Å². The van der Waals surface area contributed by atoms with Gasteiger partial charge in [0.05, 0.1) is 11.4 Å². The molecule has 1 N–H and O–H groups in total. The molecule has 0 aliphatic carbocycles. The fourth-order valence-corrected chi connectivity index (χ4v) is 5.02. The molecule has 0 saturated carbocycles. The summed E-state index contributed by atoms with van der Waals surface area (Å²) in [5.41, 5.74) is 4.01. The van der Waals surface area contributed by atoms with Crippen LogP contribution in [-0.2, 0) is 11.4 Å². The highest BCUT2D eigenvalue weighted by atomic mass is 32.2. The van der Waals surface area contributed by atoms with E-state index in [1.807, 2.05) is 48.5 Å². The zero-order valence-electron chi connectivity index (χ0n) is 15.9. The number of anilines is 1. The Hall–Kier alpha value is -2.21. The van der Waals surface area contributed by atoms with Crippen LogP contribution in [0.3, 0.4) is 0 Å². The fourth-order valence-electron chi connectivity index (χ4n) is 3.12. The number of rotatable bonds is 5. The highest BCUT2D eigenvalue weighted by Gasteiger charge is 2.21. The lowest BCUT2D eigenvalue weighted by Gasteiger charge is -2.13. The van der Waals surface area contributed by atoms with Gasteiger partial charge in [-0.05, 0) is 42.7 Å². The molecule has 0 fully saturated rings. The minimum Gasteiger partial charge on any atom is -0.588 e. The van der Waals surface area contributed by atoms with Crippen LogP contribution in [-0.4, -0.2) is 10.3 Å². The number of fused-ring (bicyclic) bond motifs is 2. The Balaban J connectivity index is 1.70. The first-order chi connectivity index (χ1) is 13.6. The van der Waals surface area contributed by atoms with E-state index in [1.54, 1.807) is 11.8 Å². The highest BCUT2D eigenvalue weighted by molar-refractivity contribution is 7.99. The molecule has 4 rings (SSSR count). The van der Waals surface area contributed by atoms with E-state index in [-0.39, 0.29) is 0 Å². The summed E-state index contributed by atoms with van der Waals surface area (Å²) in [4.78, 5) is 8.04. The van der Waals surface area contributed by atoms with E-state index in [0.717, 1.165) is 33.3 Å². The van der Waals surface area contributed by atoms with Gasteiger partial charge in [-0.2, -0.15) is 0 Å². The Morgan fingerprint density at radius 1 is 0.964 bits per heavy atom. The van der Waals surface area contributed by atoms with Crippen molar-refractivity contribution < 1.29 is 4.55 Å². The molecule has 142 valence electrons. The molecule has 5 heteroatoms. The second-order valence-electron chi connectivity index (χ2n) is 7.12. The quantitative estimate of drug-likeness (QED) is 0.495. The molecular formula is C23H22N2OS2. The third-order valence-electron chi connectivity index (χ3n) is 4.40. The standard InChI is InChI=1S/C23H22N2OS2/c1-16(2)14-20-19-10-6-7-11-22(19)27-23-13-12-18(15-21(23)24-20)28(26)25-17-8-4-3-5-9-17/h3-13,15-16,25H,14H2,1-2H3. The van der Waals surface area contributed by atoms with E-state index in [0.29, 0.717) is 5.92 Å². The zero-order chi connectivity index (χ0) is 19.5. The topological polar surface area (TPSA) is 47.5 Å². The van der Waals surface area contributed by atoms with Gasteiger partial charge in [0.1, 0.15) is 11.4 Å². The minimum atomic E-state index is -1.34. The Labute approximate surface area is 173 Å². The van der Waals surface area contributed by atoms with Crippen LogP contribution in [0.15, 0.2) is 92.5 Å². The molecule has 0 aromatic heterocycles. The van der Waals surface area contributed by atoms with Gasteiger partial charge in [0.15, 0.2) is 4.90 Å². The van der Waals surface area contributed by atoms with Crippen molar-refractivity contribution in [3.05, 3.63) is 78.4 Å². The summed E-state index contributed by atoms with van der Waals surface area (Å²) in [5, 5.41) is 0. The summed E-state index contributed by atoms with van der Waals surface area (Å²) in [6.45, 7) is 4.42. The van der Waals surface area contributed by atoms with Crippen LogP contribution in [0.25, 0.3) is 0 Å². The normalized spacial score (nSPS) is 13.9. The molecule has 0 spiro atoms. The molecule has 0 amide bonds. The fraction of sp³-hybridized carbons (Fsp3) is 0.174. The average molecular weight is 407 g/mol. The van der Waals surface area contributed by atoms with E-state index in [1.165, 1.54) is 10.5 Å². The summed E-state index contributed by atoms with van der Waals surface area (Å²) in [6, 6.07) is 23.9. The third kappa shape index (κ3) is 4.27. The van der Waals surface area contributed by atoms with Gasteiger partial charge < -0.3 is 4.55 Å². The number of hydrogen-bond donors (Lipinski definition) is 1. The van der Waals surface area contributed by atoms with Gasteiger partial charge in [0, 0.05) is 27.1 Å². The van der Waals surface area contributed by atoms with Crippen LogP contribution in [0.4, 0.5) is 11.4 Å². The maximum Gasteiger partial charge on any atom is 0.182 e. The van der Waals surface area contributed by atoms with Crippen molar-refractivity contribution in [2.45, 2.75) is 35.0 Å². The average Bonchev–Trinajstić information content (AvgIpc) is 2.84. The van der Waals surface area contributed by atoms with Gasteiger partial charge >= 0.3 is 0 Å². The maximum atomic E-state index is 12.8. The zero-order valence-corrected chi connectivity index (χ0v) is 17.5. The summed E-state index contributed by atoms with van der Waals surface area (Å²) < 4.78 is 15.9. The molecule has 0 saturated heterocycles. The Morgan fingerprint density at radius 3 is 2.50 bits per heavy atom. The SMILES string of the molecule is CC(C)CC1=Nc2cc([S+]([O-])Nc3ccccc3)ccc2Sc2ccccc21. The molecule has 1 aliphatic rings. The number of aliphatic imine (C=N–C) groups is 1. The van der Waals surface area contributed by atoms with Crippen molar-refractivity contribution in [1.29, 1.82) is 0 Å². The number of nitrogens with one attached hydrogen (secondary N) is 1. The molecule has 3 aromatic rings. The lowest BCUT2D eigenvalue weighted by Crippen LogP contribution is -2.12. The van der Waals surface area contributed by atoms with Crippen LogP contribution in [0, 0.1) is 5.92 Å². The van der Waals surface area contributed by atoms with Crippen LogP contribution in [0.1, 0.15) is 25.8 Å². The highest BCUT2D eigenvalue weighted by Crippen LogP contribution is 2.42. The summed E-state index contributed by atoms with van der Waals surface area (Å²) in [6.07, 6.45) is 0.909. The largest absolute Gasteiger partial charge is 0.588 e. The first-order valence-corrected chi connectivity index (χ1v) is 11.3. The minimum absolute atomic E-state index is 0.510. The molecule has 1 aliphatic heterocycles. The van der Waals surface area contributed by atoms with Gasteiger partial charge in [-0.1, -0.05) is 62.0 Å². The van der Waals surface area contributed by atoms with Crippen LogP contribution in [0.5, 0.6) is 0 Å². The van der Waals surface area contributed by atoms with Crippen molar-refractivity contribution >= 4 is 40.2 Å². The lowest BCUT2D eigenvalue weighted by atomic mass is 10.00. The van der Waals surface area contributed by atoms with Crippen molar-refractivity contribution in [2.24, 2.45) is 10.9 Å². The number of benzene rings is 3. The van der Waals surface area contributed by atoms with Crippen molar-refractivity contribution in [1.82, 2.24) is 0 Å². The van der Waals surface area contributed by atoms with Crippen LogP contribution < -0.4 is 4.72 Å². The number of hydrogen-bond acceptors (Lipinski definition) is 4. The van der Waals surface area contributed by atoms with Crippen molar-refractivity contribution in [2.75, 3.05) is 4.72 Å². The molecule has 1 unspecified atom stereocenters. The van der Waals surface area contributed by atoms with Gasteiger partial charge in [-0.3, -0.25) is 4.99 Å². The predicted octanol–water partition coefficient (Wildman–Crippen LogP) is 6.45. The second-order valence-corrected chi connectivity index (χ2v) is 9.42. The van der Waals surface area contributed by atoms with E-state index in [9.17, 15) is 4.55 Å². The monoisotopic (exact) mass is 406 g/mol. The van der Waals surface area contributed by atoms with E-state index < -0.39 is 11.4 Å². The maximum absolute atomic E-state index is 12.8. The van der Waals surface area contributed by atoms with Crippen molar-refractivity contribution in [3.63, 3.8) is 0 Å². The summed E-state index contributed by atoms with van der Waals surface area (Å²) >= 11 is 0.386. The van der Waals surface area contributed by atoms with Crippen LogP contribution in [0.2, 0.25) is 0 Å². The Kier molecular flexibility index (Phi) is 5.76. The Bertz CT molecular complexity index is 1000. The molecular weight excluding hydrogens is 384 g/mol. The van der Waals surface area contributed by atoms with Crippen molar-refractivity contribution in [3.8, 4) is 0 Å². The molecule has 1 atom stereocenters. The lowest BCUT2D eigenvalue weighted by molar-refractivity contribution is 0.600. The summed E-state index contributed by atoms with van der Waals surface area (Å²) in [5.74, 6) is 0.510. The number of nitrogens with zero attached hydrogens (tertiary/aromatic N) is 1. The molecule has 3 nitrogen and oxygen atoms in total. The van der Waals surface area contributed by atoms with Gasteiger partial charge in [-0.25, -0.2) is 4.72 Å². The first kappa shape index (κ1) is 19.1. The van der Waals surface area contributed by atoms with Crippen LogP contribution >= 0.6 is 11.8 Å². The Morgan fingerprint density at radius 2 is 1.71 bits per heavy atom. The van der Waals surface area contributed by atoms with Gasteiger partial charge in [0.2, 0.25) is 0 Å². The van der Waals surface area contributed by atoms with E-state index in [2.05, 4.69) is 42.8 Å².